The van der Waals surface area contributed by atoms with Gasteiger partial charge in [0, 0.05) is 55.0 Å². The van der Waals surface area contributed by atoms with Crippen LogP contribution in [-0.2, 0) is 20.1 Å². The number of methoxy groups -OCH3 is 3. The number of ether oxygens (including phenoxy) is 4. The van der Waals surface area contributed by atoms with Crippen molar-refractivity contribution in [2.75, 3.05) is 34.5 Å². The van der Waals surface area contributed by atoms with E-state index in [1.54, 1.807) is 21.3 Å². The van der Waals surface area contributed by atoms with Crippen LogP contribution in [0.4, 0.5) is 0 Å². The Morgan fingerprint density at radius 1 is 0.972 bits per heavy atom. The Bertz CT molecular complexity index is 1430. The molecule has 5 rings (SSSR count). The molecule has 0 N–H and O–H groups in total. The van der Waals surface area contributed by atoms with Crippen molar-refractivity contribution in [2.45, 2.75) is 26.9 Å². The van der Waals surface area contributed by atoms with Gasteiger partial charge in [-0.3, -0.25) is 9.58 Å². The number of aryl methyl sites for hydroxylation is 3. The van der Waals surface area contributed by atoms with Gasteiger partial charge in [0.1, 0.15) is 23.6 Å². The topological polar surface area (TPSA) is 70.9 Å². The van der Waals surface area contributed by atoms with Crippen molar-refractivity contribution in [3.05, 3.63) is 58.9 Å². The highest BCUT2D eigenvalue weighted by atomic mass is 16.5. The lowest BCUT2D eigenvalue weighted by Gasteiger charge is -2.19. The van der Waals surface area contributed by atoms with Crippen molar-refractivity contribution >= 4 is 10.9 Å². The van der Waals surface area contributed by atoms with Gasteiger partial charge in [0.15, 0.2) is 11.5 Å². The summed E-state index contributed by atoms with van der Waals surface area (Å²) in [5.41, 5.74) is 6.97. The molecule has 2 aromatic heterocycles. The van der Waals surface area contributed by atoms with Crippen molar-refractivity contribution in [3.63, 3.8) is 0 Å². The van der Waals surface area contributed by atoms with E-state index in [-0.39, 0.29) is 0 Å². The van der Waals surface area contributed by atoms with Gasteiger partial charge < -0.3 is 18.9 Å². The third-order valence-corrected chi connectivity index (χ3v) is 6.73. The zero-order valence-electron chi connectivity index (χ0n) is 21.7. The van der Waals surface area contributed by atoms with Gasteiger partial charge in [-0.25, -0.2) is 4.98 Å². The van der Waals surface area contributed by atoms with Gasteiger partial charge in [-0.1, -0.05) is 0 Å². The standard InChI is InChI=1S/C28H32N4O4/c1-17-11-22(29-27-24(34-5)8-7-23(33-4)26(17)27)19-12-20-15-32(16-21-14-31(3)30-18(21)2)9-10-36-28(20)25(13-19)35-6/h7-8,11-14H,9-10,15-16H2,1-6H3. The van der Waals surface area contributed by atoms with E-state index in [0.29, 0.717) is 18.1 Å². The SMILES string of the molecule is COc1cc(-c2cc(C)c3c(OC)ccc(OC)c3n2)cc2c1OCCN(Cc1cn(C)nc1C)C2. The van der Waals surface area contributed by atoms with Crippen LogP contribution in [0.1, 0.15) is 22.4 Å². The Hall–Kier alpha value is -3.78. The number of pyridine rings is 1. The molecule has 8 nitrogen and oxygen atoms in total. The van der Waals surface area contributed by atoms with Crippen LogP contribution in [-0.4, -0.2) is 54.1 Å². The van der Waals surface area contributed by atoms with E-state index in [1.165, 1.54) is 5.56 Å². The molecule has 0 atom stereocenters. The molecule has 1 aliphatic heterocycles. The fourth-order valence-corrected chi connectivity index (χ4v) is 4.98. The minimum Gasteiger partial charge on any atom is -0.496 e. The van der Waals surface area contributed by atoms with Crippen molar-refractivity contribution in [1.29, 1.82) is 0 Å². The van der Waals surface area contributed by atoms with E-state index in [0.717, 1.165) is 70.1 Å². The maximum Gasteiger partial charge on any atom is 0.165 e. The third kappa shape index (κ3) is 4.33. The lowest BCUT2D eigenvalue weighted by Crippen LogP contribution is -2.25. The van der Waals surface area contributed by atoms with Crippen LogP contribution in [0.5, 0.6) is 23.0 Å². The molecule has 8 heteroatoms. The van der Waals surface area contributed by atoms with E-state index >= 15 is 0 Å². The maximum atomic E-state index is 6.18. The fourth-order valence-electron chi connectivity index (χ4n) is 4.98. The minimum atomic E-state index is 0.590. The van der Waals surface area contributed by atoms with Crippen LogP contribution in [0.25, 0.3) is 22.2 Å². The number of nitrogens with zero attached hydrogens (tertiary/aromatic N) is 4. The molecule has 3 heterocycles. The quantitative estimate of drug-likeness (QED) is 0.391. The molecule has 0 bridgehead atoms. The molecule has 0 aliphatic carbocycles. The third-order valence-electron chi connectivity index (χ3n) is 6.73. The molecular weight excluding hydrogens is 456 g/mol. The van der Waals surface area contributed by atoms with Crippen LogP contribution in [0.15, 0.2) is 36.5 Å². The molecule has 0 fully saturated rings. The lowest BCUT2D eigenvalue weighted by atomic mass is 10.0. The van der Waals surface area contributed by atoms with Gasteiger partial charge in [0.2, 0.25) is 0 Å². The fraction of sp³-hybridized carbons (Fsp3) is 0.357. The van der Waals surface area contributed by atoms with Gasteiger partial charge in [-0.05, 0) is 49.7 Å². The van der Waals surface area contributed by atoms with Crippen LogP contribution >= 0.6 is 0 Å². The second-order valence-corrected chi connectivity index (χ2v) is 9.16. The van der Waals surface area contributed by atoms with Crippen LogP contribution in [0, 0.1) is 13.8 Å². The number of benzene rings is 2. The van der Waals surface area contributed by atoms with Gasteiger partial charge >= 0.3 is 0 Å². The predicted octanol–water partition coefficient (Wildman–Crippen LogP) is 4.67. The molecule has 2 aromatic carbocycles. The average Bonchev–Trinajstić information content (AvgIpc) is 3.06. The second kappa shape index (κ2) is 9.70. The zero-order valence-corrected chi connectivity index (χ0v) is 21.7. The van der Waals surface area contributed by atoms with Crippen molar-refractivity contribution < 1.29 is 18.9 Å². The van der Waals surface area contributed by atoms with Crippen molar-refractivity contribution in [1.82, 2.24) is 19.7 Å². The highest BCUT2D eigenvalue weighted by molar-refractivity contribution is 5.94. The second-order valence-electron chi connectivity index (χ2n) is 9.16. The molecule has 0 spiro atoms. The molecule has 36 heavy (non-hydrogen) atoms. The summed E-state index contributed by atoms with van der Waals surface area (Å²) in [4.78, 5) is 7.39. The average molecular weight is 489 g/mol. The Labute approximate surface area is 211 Å². The van der Waals surface area contributed by atoms with Crippen LogP contribution in [0.3, 0.4) is 0 Å². The molecule has 0 saturated heterocycles. The molecular formula is C28H32N4O4. The Morgan fingerprint density at radius 2 is 1.72 bits per heavy atom. The van der Waals surface area contributed by atoms with Crippen LogP contribution in [0.2, 0.25) is 0 Å². The first-order valence-electron chi connectivity index (χ1n) is 12.0. The minimum absolute atomic E-state index is 0.590. The molecule has 188 valence electrons. The molecule has 0 radical (unpaired) electrons. The Kier molecular flexibility index (Phi) is 6.45. The van der Waals surface area contributed by atoms with Crippen molar-refractivity contribution in [2.24, 2.45) is 7.05 Å². The van der Waals surface area contributed by atoms with Crippen LogP contribution < -0.4 is 18.9 Å². The number of aromatic nitrogens is 3. The molecule has 0 saturated carbocycles. The number of hydrogen-bond acceptors (Lipinski definition) is 7. The molecule has 1 aliphatic rings. The number of hydrogen-bond donors (Lipinski definition) is 0. The summed E-state index contributed by atoms with van der Waals surface area (Å²) < 4.78 is 25.1. The summed E-state index contributed by atoms with van der Waals surface area (Å²) in [6.07, 6.45) is 2.09. The van der Waals surface area contributed by atoms with Gasteiger partial charge in [-0.2, -0.15) is 5.10 Å². The first kappa shape index (κ1) is 23.9. The summed E-state index contributed by atoms with van der Waals surface area (Å²) in [6.45, 7) is 7.06. The molecule has 4 aromatic rings. The monoisotopic (exact) mass is 488 g/mol. The van der Waals surface area contributed by atoms with Gasteiger partial charge in [0.05, 0.1) is 32.7 Å². The Balaban J connectivity index is 1.58. The van der Waals surface area contributed by atoms with Gasteiger partial charge in [-0.15, -0.1) is 0 Å². The summed E-state index contributed by atoms with van der Waals surface area (Å²) in [5.74, 6) is 2.98. The normalized spacial score (nSPS) is 13.7. The van der Waals surface area contributed by atoms with Gasteiger partial charge in [0.25, 0.3) is 0 Å². The number of fused-ring (bicyclic) bond motifs is 2. The lowest BCUT2D eigenvalue weighted by molar-refractivity contribution is 0.216. The van der Waals surface area contributed by atoms with E-state index < -0.39 is 0 Å². The Morgan fingerprint density at radius 3 is 2.42 bits per heavy atom. The smallest absolute Gasteiger partial charge is 0.165 e. The van der Waals surface area contributed by atoms with E-state index in [9.17, 15) is 0 Å². The molecule has 0 amide bonds. The summed E-state index contributed by atoms with van der Waals surface area (Å²) in [6, 6.07) is 10.0. The molecule has 0 unspecified atom stereocenters. The first-order chi connectivity index (χ1) is 17.4. The van der Waals surface area contributed by atoms with E-state index in [2.05, 4.69) is 42.2 Å². The first-order valence-corrected chi connectivity index (χ1v) is 12.0. The summed E-state index contributed by atoms with van der Waals surface area (Å²) in [7, 11) is 6.96. The van der Waals surface area contributed by atoms with Crippen molar-refractivity contribution in [3.8, 4) is 34.3 Å². The number of rotatable bonds is 6. The summed E-state index contributed by atoms with van der Waals surface area (Å²) in [5, 5.41) is 5.44. The zero-order chi connectivity index (χ0) is 25.4. The highest BCUT2D eigenvalue weighted by Crippen LogP contribution is 2.41. The van der Waals surface area contributed by atoms with E-state index in [1.807, 2.05) is 29.9 Å². The largest absolute Gasteiger partial charge is 0.496 e. The summed E-state index contributed by atoms with van der Waals surface area (Å²) >= 11 is 0. The maximum absolute atomic E-state index is 6.18. The van der Waals surface area contributed by atoms with E-state index in [4.69, 9.17) is 23.9 Å². The highest BCUT2D eigenvalue weighted by Gasteiger charge is 2.23. The predicted molar refractivity (Wildman–Crippen MR) is 139 cm³/mol.